The molecule has 52 valence electrons. The van der Waals surface area contributed by atoms with Crippen molar-refractivity contribution in [3.63, 3.8) is 0 Å². The van der Waals surface area contributed by atoms with E-state index in [1.54, 1.807) is 6.20 Å². The van der Waals surface area contributed by atoms with Gasteiger partial charge in [0.05, 0.1) is 0 Å². The van der Waals surface area contributed by atoms with Gasteiger partial charge in [-0.05, 0) is 20.6 Å². The third-order valence-electron chi connectivity index (χ3n) is 1.20. The highest BCUT2D eigenvalue weighted by molar-refractivity contribution is 5.25. The van der Waals surface area contributed by atoms with Crippen LogP contribution in [0.15, 0.2) is 17.4 Å². The van der Waals surface area contributed by atoms with Crippen molar-refractivity contribution in [2.24, 2.45) is 4.99 Å². The highest BCUT2D eigenvalue weighted by atomic mass is 15.1. The third kappa shape index (κ3) is 3.76. The van der Waals surface area contributed by atoms with Crippen molar-refractivity contribution in [1.29, 1.82) is 0 Å². The number of aliphatic imine (C=N–C) groups is 1. The van der Waals surface area contributed by atoms with E-state index in [0.29, 0.717) is 0 Å². The van der Waals surface area contributed by atoms with E-state index in [1.807, 2.05) is 6.20 Å². The fraction of sp³-hybridized carbons (Fsp3) is 0.571. The Morgan fingerprint density at radius 2 is 2.00 bits per heavy atom. The van der Waals surface area contributed by atoms with Crippen LogP contribution in [0.2, 0.25) is 0 Å². The summed E-state index contributed by atoms with van der Waals surface area (Å²) in [5.74, 6) is 0. The van der Waals surface area contributed by atoms with E-state index in [1.165, 1.54) is 0 Å². The van der Waals surface area contributed by atoms with Gasteiger partial charge >= 0.3 is 0 Å². The maximum atomic E-state index is 3.60. The summed E-state index contributed by atoms with van der Waals surface area (Å²) >= 11 is 0. The van der Waals surface area contributed by atoms with E-state index in [9.17, 15) is 0 Å². The standard InChI is InChI=1S/C7H14N2/c1-4-9(5-2)7-6-8-3/h6-7H,3-5H2,1-2H3. The summed E-state index contributed by atoms with van der Waals surface area (Å²) in [7, 11) is 0. The predicted octanol–water partition coefficient (Wildman–Crippen LogP) is 1.50. The molecule has 0 atom stereocenters. The largest absolute Gasteiger partial charge is 0.377 e. The molecule has 0 aromatic rings. The number of rotatable bonds is 4. The van der Waals surface area contributed by atoms with E-state index in [0.717, 1.165) is 13.1 Å². The SMILES string of the molecule is C=NC=CN(CC)CC. The van der Waals surface area contributed by atoms with E-state index < -0.39 is 0 Å². The minimum atomic E-state index is 1.03. The molecule has 0 aliphatic carbocycles. The van der Waals surface area contributed by atoms with Crippen molar-refractivity contribution in [3.05, 3.63) is 12.4 Å². The smallest absolute Gasteiger partial charge is 0.0419 e. The van der Waals surface area contributed by atoms with Gasteiger partial charge in [0.15, 0.2) is 0 Å². The van der Waals surface area contributed by atoms with Gasteiger partial charge in [0.2, 0.25) is 0 Å². The maximum absolute atomic E-state index is 3.60. The molecule has 0 saturated carbocycles. The molecule has 0 unspecified atom stereocenters. The molecule has 0 saturated heterocycles. The second-order valence-electron chi connectivity index (χ2n) is 1.70. The Labute approximate surface area is 56.9 Å². The molecule has 0 aliphatic heterocycles. The fourth-order valence-electron chi connectivity index (χ4n) is 0.576. The highest BCUT2D eigenvalue weighted by Gasteiger charge is 1.85. The topological polar surface area (TPSA) is 15.6 Å². The number of hydrogen-bond donors (Lipinski definition) is 0. The number of nitrogens with zero attached hydrogens (tertiary/aromatic N) is 2. The Hall–Kier alpha value is -0.790. The van der Waals surface area contributed by atoms with Gasteiger partial charge in [0.1, 0.15) is 0 Å². The molecular formula is C7H14N2. The van der Waals surface area contributed by atoms with Gasteiger partial charge < -0.3 is 4.90 Å². The van der Waals surface area contributed by atoms with E-state index in [-0.39, 0.29) is 0 Å². The third-order valence-corrected chi connectivity index (χ3v) is 1.20. The van der Waals surface area contributed by atoms with Crippen LogP contribution in [0.4, 0.5) is 0 Å². The van der Waals surface area contributed by atoms with Crippen LogP contribution in [-0.4, -0.2) is 24.7 Å². The molecule has 0 radical (unpaired) electrons. The molecule has 2 nitrogen and oxygen atoms in total. The van der Waals surface area contributed by atoms with Crippen LogP contribution in [0.3, 0.4) is 0 Å². The minimum Gasteiger partial charge on any atom is -0.377 e. The van der Waals surface area contributed by atoms with Crippen LogP contribution >= 0.6 is 0 Å². The van der Waals surface area contributed by atoms with Crippen molar-refractivity contribution >= 4 is 6.72 Å². The summed E-state index contributed by atoms with van der Waals surface area (Å²) in [6.07, 6.45) is 3.64. The summed E-state index contributed by atoms with van der Waals surface area (Å²) in [4.78, 5) is 5.75. The lowest BCUT2D eigenvalue weighted by Crippen LogP contribution is -2.14. The van der Waals surface area contributed by atoms with E-state index in [4.69, 9.17) is 0 Å². The van der Waals surface area contributed by atoms with Crippen molar-refractivity contribution < 1.29 is 0 Å². The summed E-state index contributed by atoms with van der Waals surface area (Å²) in [6, 6.07) is 0. The average Bonchev–Trinajstić information content (AvgIpc) is 1.91. The molecule has 0 spiro atoms. The molecule has 0 rings (SSSR count). The molecule has 0 aromatic carbocycles. The second-order valence-corrected chi connectivity index (χ2v) is 1.70. The first-order chi connectivity index (χ1) is 4.35. The predicted molar refractivity (Wildman–Crippen MR) is 41.6 cm³/mol. The number of hydrogen-bond acceptors (Lipinski definition) is 2. The van der Waals surface area contributed by atoms with Crippen molar-refractivity contribution in [2.75, 3.05) is 13.1 Å². The van der Waals surface area contributed by atoms with Gasteiger partial charge in [-0.2, -0.15) is 0 Å². The van der Waals surface area contributed by atoms with Gasteiger partial charge in [-0.25, -0.2) is 0 Å². The zero-order valence-electron chi connectivity index (χ0n) is 6.17. The molecule has 0 fully saturated rings. The van der Waals surface area contributed by atoms with Crippen LogP contribution in [-0.2, 0) is 0 Å². The first-order valence-electron chi connectivity index (χ1n) is 3.21. The monoisotopic (exact) mass is 126 g/mol. The maximum Gasteiger partial charge on any atom is 0.0419 e. The molecule has 0 aliphatic rings. The Balaban J connectivity index is 3.53. The lowest BCUT2D eigenvalue weighted by molar-refractivity contribution is 0.418. The van der Waals surface area contributed by atoms with Crippen LogP contribution in [0.5, 0.6) is 0 Å². The fourth-order valence-corrected chi connectivity index (χ4v) is 0.576. The molecule has 0 aromatic heterocycles. The van der Waals surface area contributed by atoms with Gasteiger partial charge in [-0.15, -0.1) is 0 Å². The van der Waals surface area contributed by atoms with Crippen LogP contribution in [0, 0.1) is 0 Å². The van der Waals surface area contributed by atoms with Crippen molar-refractivity contribution in [1.82, 2.24) is 4.90 Å². The van der Waals surface area contributed by atoms with E-state index >= 15 is 0 Å². The lowest BCUT2D eigenvalue weighted by Gasteiger charge is -2.13. The first kappa shape index (κ1) is 8.21. The van der Waals surface area contributed by atoms with Gasteiger partial charge in [-0.3, -0.25) is 4.99 Å². The summed E-state index contributed by atoms with van der Waals surface area (Å²) < 4.78 is 0. The highest BCUT2D eigenvalue weighted by Crippen LogP contribution is 1.86. The lowest BCUT2D eigenvalue weighted by atomic mass is 10.5. The Kier molecular flexibility index (Phi) is 4.88. The van der Waals surface area contributed by atoms with Gasteiger partial charge in [-0.1, -0.05) is 0 Å². The van der Waals surface area contributed by atoms with Crippen molar-refractivity contribution in [3.8, 4) is 0 Å². The molecule has 0 N–H and O–H groups in total. The van der Waals surface area contributed by atoms with E-state index in [2.05, 4.69) is 30.5 Å². The van der Waals surface area contributed by atoms with Crippen molar-refractivity contribution in [2.45, 2.75) is 13.8 Å². The minimum absolute atomic E-state index is 1.03. The first-order valence-corrected chi connectivity index (χ1v) is 3.21. The molecule has 0 amide bonds. The summed E-state index contributed by atoms with van der Waals surface area (Å²) in [6.45, 7) is 9.61. The zero-order valence-corrected chi connectivity index (χ0v) is 6.17. The Morgan fingerprint density at radius 3 is 2.33 bits per heavy atom. The normalized spacial score (nSPS) is 10.0. The quantitative estimate of drug-likeness (QED) is 0.521. The van der Waals surface area contributed by atoms with Crippen LogP contribution in [0.1, 0.15) is 13.8 Å². The Morgan fingerprint density at radius 1 is 1.44 bits per heavy atom. The molecule has 2 heteroatoms. The average molecular weight is 126 g/mol. The molecule has 0 bridgehead atoms. The van der Waals surface area contributed by atoms with Gasteiger partial charge in [0.25, 0.3) is 0 Å². The Bertz CT molecular complexity index is 93.1. The van der Waals surface area contributed by atoms with Gasteiger partial charge in [0, 0.05) is 25.5 Å². The second kappa shape index (κ2) is 5.35. The van der Waals surface area contributed by atoms with Crippen LogP contribution < -0.4 is 0 Å². The summed E-state index contributed by atoms with van der Waals surface area (Å²) in [5, 5.41) is 0. The summed E-state index contributed by atoms with van der Waals surface area (Å²) in [5.41, 5.74) is 0. The zero-order chi connectivity index (χ0) is 7.11. The molecule has 9 heavy (non-hydrogen) atoms. The van der Waals surface area contributed by atoms with Crippen LogP contribution in [0.25, 0.3) is 0 Å². The molecular weight excluding hydrogens is 112 g/mol. The molecule has 0 heterocycles.